The van der Waals surface area contributed by atoms with Crippen LogP contribution in [0.15, 0.2) is 66.7 Å². The molecule has 0 saturated heterocycles. The largest absolute Gasteiger partial charge is 0.483 e. The molecule has 0 aliphatic carbocycles. The Bertz CT molecular complexity index is 1090. The van der Waals surface area contributed by atoms with Gasteiger partial charge in [-0.2, -0.15) is 0 Å². The number of carbonyl (C=O) groups excluding carboxylic acids is 2. The van der Waals surface area contributed by atoms with Crippen molar-refractivity contribution in [3.05, 3.63) is 77.9 Å². The molecule has 1 N–H and O–H groups in total. The normalized spacial score (nSPS) is 12.3. The summed E-state index contributed by atoms with van der Waals surface area (Å²) in [7, 11) is 0. The fourth-order valence-electron chi connectivity index (χ4n) is 3.81. The van der Waals surface area contributed by atoms with Gasteiger partial charge >= 0.3 is 0 Å². The summed E-state index contributed by atoms with van der Waals surface area (Å²) in [4.78, 5) is 28.1. The second-order valence-corrected chi connectivity index (χ2v) is 9.44. The number of fused-ring (bicyclic) bond motifs is 1. The molecule has 5 nitrogen and oxygen atoms in total. The van der Waals surface area contributed by atoms with Crippen molar-refractivity contribution in [1.82, 2.24) is 10.2 Å². The van der Waals surface area contributed by atoms with E-state index in [1.165, 1.54) is 0 Å². The van der Waals surface area contributed by atoms with E-state index in [2.05, 4.69) is 5.32 Å². The van der Waals surface area contributed by atoms with Crippen LogP contribution in [0.25, 0.3) is 10.8 Å². The van der Waals surface area contributed by atoms with E-state index >= 15 is 0 Å². The molecule has 1 atom stereocenters. The van der Waals surface area contributed by atoms with Crippen LogP contribution in [0.4, 0.5) is 0 Å². The summed E-state index contributed by atoms with van der Waals surface area (Å²) in [6, 6.07) is 21.1. The molecule has 0 aliphatic heterocycles. The summed E-state index contributed by atoms with van der Waals surface area (Å²) in [5, 5.41) is 5.03. The molecular formula is C28H34N2O3. The van der Waals surface area contributed by atoms with Crippen LogP contribution in [0.3, 0.4) is 0 Å². The van der Waals surface area contributed by atoms with Crippen LogP contribution in [-0.4, -0.2) is 34.9 Å². The zero-order valence-electron chi connectivity index (χ0n) is 20.2. The lowest BCUT2D eigenvalue weighted by atomic mass is 10.1. The second kappa shape index (κ2) is 10.5. The summed E-state index contributed by atoms with van der Waals surface area (Å²) < 4.78 is 5.97. The molecular weight excluding hydrogens is 412 g/mol. The molecule has 2 amide bonds. The number of amides is 2. The summed E-state index contributed by atoms with van der Waals surface area (Å²) >= 11 is 0. The van der Waals surface area contributed by atoms with Crippen LogP contribution in [0.5, 0.6) is 5.75 Å². The summed E-state index contributed by atoms with van der Waals surface area (Å²) in [5.41, 5.74) is 1.73. The number of rotatable bonds is 8. The van der Waals surface area contributed by atoms with Gasteiger partial charge in [0.15, 0.2) is 6.61 Å². The lowest BCUT2D eigenvalue weighted by Crippen LogP contribution is -2.54. The molecule has 0 saturated carbocycles. The van der Waals surface area contributed by atoms with Gasteiger partial charge in [0.05, 0.1) is 0 Å². The Labute approximate surface area is 196 Å². The van der Waals surface area contributed by atoms with E-state index in [4.69, 9.17) is 4.74 Å². The summed E-state index contributed by atoms with van der Waals surface area (Å²) in [6.45, 7) is 9.96. The van der Waals surface area contributed by atoms with Crippen LogP contribution in [0, 0.1) is 6.92 Å². The zero-order valence-corrected chi connectivity index (χ0v) is 20.2. The molecule has 0 spiro atoms. The Balaban J connectivity index is 1.84. The highest BCUT2D eigenvalue weighted by Gasteiger charge is 2.31. The minimum atomic E-state index is -0.589. The number of nitrogens with one attached hydrogen (secondary N) is 1. The minimum absolute atomic E-state index is 0.140. The number of nitrogens with zero attached hydrogens (tertiary/aromatic N) is 1. The Kier molecular flexibility index (Phi) is 7.75. The summed E-state index contributed by atoms with van der Waals surface area (Å²) in [6.07, 6.45) is 0.508. The molecule has 5 heteroatoms. The summed E-state index contributed by atoms with van der Waals surface area (Å²) in [5.74, 6) is 0.277. The molecule has 0 radical (unpaired) electrons. The first-order chi connectivity index (χ1) is 15.7. The highest BCUT2D eigenvalue weighted by Crippen LogP contribution is 2.25. The lowest BCUT2D eigenvalue weighted by Gasteiger charge is -2.33. The van der Waals surface area contributed by atoms with Gasteiger partial charge in [-0.1, -0.05) is 73.2 Å². The molecule has 1 unspecified atom stereocenters. The van der Waals surface area contributed by atoms with Gasteiger partial charge in [0, 0.05) is 17.5 Å². The van der Waals surface area contributed by atoms with Crippen molar-refractivity contribution >= 4 is 22.6 Å². The van der Waals surface area contributed by atoms with Crippen LogP contribution in [0.2, 0.25) is 0 Å². The van der Waals surface area contributed by atoms with Crippen molar-refractivity contribution in [2.24, 2.45) is 0 Å². The van der Waals surface area contributed by atoms with E-state index in [1.807, 2.05) is 101 Å². The smallest absolute Gasteiger partial charge is 0.261 e. The van der Waals surface area contributed by atoms with Crippen molar-refractivity contribution in [3.8, 4) is 5.75 Å². The lowest BCUT2D eigenvalue weighted by molar-refractivity contribution is -0.143. The van der Waals surface area contributed by atoms with E-state index in [1.54, 1.807) is 4.90 Å². The topological polar surface area (TPSA) is 58.6 Å². The molecule has 0 heterocycles. The molecule has 0 aromatic heterocycles. The number of aryl methyl sites for hydroxylation is 1. The zero-order chi connectivity index (χ0) is 24.0. The first-order valence-corrected chi connectivity index (χ1v) is 11.5. The van der Waals surface area contributed by atoms with Gasteiger partial charge in [-0.25, -0.2) is 0 Å². The second-order valence-electron chi connectivity index (χ2n) is 9.44. The maximum atomic E-state index is 13.4. The maximum Gasteiger partial charge on any atom is 0.261 e. The molecule has 174 valence electrons. The number of hydrogen-bond acceptors (Lipinski definition) is 3. The minimum Gasteiger partial charge on any atom is -0.483 e. The van der Waals surface area contributed by atoms with Gasteiger partial charge in [0.25, 0.3) is 5.91 Å². The monoisotopic (exact) mass is 446 g/mol. The Morgan fingerprint density at radius 3 is 2.30 bits per heavy atom. The average molecular weight is 447 g/mol. The van der Waals surface area contributed by atoms with Crippen molar-refractivity contribution in [2.75, 3.05) is 6.61 Å². The standard InChI is InChI=1S/C28H34N2O3/c1-6-24(27(32)29-28(3,4)5)30(18-21-16-14-20(2)15-17-21)26(31)19-33-25-13-9-11-22-10-7-8-12-23(22)25/h7-17,24H,6,18-19H2,1-5H3,(H,29,32). The van der Waals surface area contributed by atoms with Crippen LogP contribution >= 0.6 is 0 Å². The molecule has 3 aromatic rings. The van der Waals surface area contributed by atoms with Gasteiger partial charge in [-0.05, 0) is 51.1 Å². The molecule has 33 heavy (non-hydrogen) atoms. The first kappa shape index (κ1) is 24.3. The highest BCUT2D eigenvalue weighted by molar-refractivity contribution is 5.90. The van der Waals surface area contributed by atoms with Crippen molar-refractivity contribution in [2.45, 2.75) is 59.2 Å². The van der Waals surface area contributed by atoms with E-state index < -0.39 is 6.04 Å². The van der Waals surface area contributed by atoms with Gasteiger partial charge in [-0.15, -0.1) is 0 Å². The van der Waals surface area contributed by atoms with Crippen molar-refractivity contribution < 1.29 is 14.3 Å². The maximum absolute atomic E-state index is 13.4. The SMILES string of the molecule is CCC(C(=O)NC(C)(C)C)N(Cc1ccc(C)cc1)C(=O)COc1cccc2ccccc12. The molecule has 0 fully saturated rings. The molecule has 0 aliphatic rings. The van der Waals surface area contributed by atoms with Gasteiger partial charge in [0.1, 0.15) is 11.8 Å². The fraction of sp³-hybridized carbons (Fsp3) is 0.357. The van der Waals surface area contributed by atoms with Gasteiger partial charge < -0.3 is 15.0 Å². The van der Waals surface area contributed by atoms with Gasteiger partial charge in [0.2, 0.25) is 5.91 Å². The first-order valence-electron chi connectivity index (χ1n) is 11.5. The Morgan fingerprint density at radius 2 is 1.64 bits per heavy atom. The molecule has 0 bridgehead atoms. The highest BCUT2D eigenvalue weighted by atomic mass is 16.5. The quantitative estimate of drug-likeness (QED) is 0.514. The average Bonchev–Trinajstić information content (AvgIpc) is 2.77. The molecule has 3 aromatic carbocycles. The van der Waals surface area contributed by atoms with Crippen LogP contribution in [-0.2, 0) is 16.1 Å². The van der Waals surface area contributed by atoms with Crippen LogP contribution < -0.4 is 10.1 Å². The Morgan fingerprint density at radius 1 is 0.970 bits per heavy atom. The number of hydrogen-bond donors (Lipinski definition) is 1. The molecule has 3 rings (SSSR count). The van der Waals surface area contributed by atoms with Crippen molar-refractivity contribution in [1.29, 1.82) is 0 Å². The number of benzene rings is 3. The van der Waals surface area contributed by atoms with Crippen LogP contribution in [0.1, 0.15) is 45.2 Å². The van der Waals surface area contributed by atoms with E-state index in [0.29, 0.717) is 18.7 Å². The third kappa shape index (κ3) is 6.58. The van der Waals surface area contributed by atoms with Crippen molar-refractivity contribution in [3.63, 3.8) is 0 Å². The third-order valence-electron chi connectivity index (χ3n) is 5.46. The predicted octanol–water partition coefficient (Wildman–Crippen LogP) is 5.25. The number of carbonyl (C=O) groups is 2. The predicted molar refractivity (Wildman–Crippen MR) is 133 cm³/mol. The van der Waals surface area contributed by atoms with E-state index in [0.717, 1.165) is 21.9 Å². The van der Waals surface area contributed by atoms with E-state index in [9.17, 15) is 9.59 Å². The van der Waals surface area contributed by atoms with Gasteiger partial charge in [-0.3, -0.25) is 9.59 Å². The fourth-order valence-corrected chi connectivity index (χ4v) is 3.81. The van der Waals surface area contributed by atoms with E-state index in [-0.39, 0.29) is 24.0 Å². The Hall–Kier alpha value is -3.34. The third-order valence-corrected chi connectivity index (χ3v) is 5.46. The number of ether oxygens (including phenoxy) is 1.